The molecule has 2 N–H and O–H groups in total. The Morgan fingerprint density at radius 1 is 1.36 bits per heavy atom. The van der Waals surface area contributed by atoms with E-state index in [2.05, 4.69) is 12.2 Å². The van der Waals surface area contributed by atoms with Crippen LogP contribution < -0.4 is 5.32 Å². The molecule has 78 valence electrons. The Hall–Kier alpha value is -1.18. The fraction of sp³-hybridized carbons (Fsp3) is 0.500. The first-order valence-corrected chi connectivity index (χ1v) is 5.31. The quantitative estimate of drug-likeness (QED) is 0.663. The van der Waals surface area contributed by atoms with Gasteiger partial charge in [0, 0.05) is 18.3 Å². The predicted molar refractivity (Wildman–Crippen MR) is 60.8 cm³/mol. The lowest BCUT2D eigenvalue weighted by Gasteiger charge is -2.23. The van der Waals surface area contributed by atoms with Gasteiger partial charge in [-0.1, -0.05) is 26.8 Å². The van der Waals surface area contributed by atoms with E-state index in [4.69, 9.17) is 0 Å². The van der Waals surface area contributed by atoms with Crippen molar-refractivity contribution < 1.29 is 5.11 Å². The van der Waals surface area contributed by atoms with Gasteiger partial charge in [0.15, 0.2) is 0 Å². The normalized spacial score (nSPS) is 18.6. The van der Waals surface area contributed by atoms with E-state index in [0.29, 0.717) is 11.7 Å². The highest BCUT2D eigenvalue weighted by Crippen LogP contribution is 2.27. The van der Waals surface area contributed by atoms with Crippen LogP contribution in [-0.4, -0.2) is 11.7 Å². The Morgan fingerprint density at radius 2 is 2.07 bits per heavy atom. The highest BCUT2D eigenvalue weighted by molar-refractivity contribution is 5.56. The molecule has 0 aliphatic carbocycles. The maximum atomic E-state index is 9.21. The highest BCUT2D eigenvalue weighted by atomic mass is 16.3. The summed E-state index contributed by atoms with van der Waals surface area (Å²) in [6.45, 7) is 7.24. The number of anilines is 1. The summed E-state index contributed by atoms with van der Waals surface area (Å²) in [6.07, 6.45) is 1.11. The molecule has 0 fully saturated rings. The summed E-state index contributed by atoms with van der Waals surface area (Å²) in [5.74, 6) is 1.04. The Labute approximate surface area is 86.0 Å². The molecule has 0 saturated carbocycles. The number of nitrogens with one attached hydrogen (secondary N) is 1. The average Bonchev–Trinajstić information content (AvgIpc) is 2.21. The second-order valence-corrected chi connectivity index (χ2v) is 3.53. The van der Waals surface area contributed by atoms with Crippen molar-refractivity contribution >= 4 is 5.69 Å². The van der Waals surface area contributed by atoms with Gasteiger partial charge in [-0.3, -0.25) is 0 Å². The van der Waals surface area contributed by atoms with Crippen molar-refractivity contribution in [1.82, 2.24) is 0 Å². The molecule has 0 spiro atoms. The number of hydrogen-bond acceptors (Lipinski definition) is 2. The van der Waals surface area contributed by atoms with Crippen LogP contribution in [0.15, 0.2) is 18.2 Å². The van der Waals surface area contributed by atoms with Crippen LogP contribution in [0.5, 0.6) is 5.75 Å². The first-order valence-electron chi connectivity index (χ1n) is 5.31. The molecule has 1 atom stereocenters. The largest absolute Gasteiger partial charge is 0.508 e. The van der Waals surface area contributed by atoms with Gasteiger partial charge in [-0.05, 0) is 24.0 Å². The van der Waals surface area contributed by atoms with Crippen LogP contribution in [0.2, 0.25) is 0 Å². The molecule has 0 unspecified atom stereocenters. The lowest BCUT2D eigenvalue weighted by Crippen LogP contribution is -2.20. The molecule has 0 amide bonds. The second-order valence-electron chi connectivity index (χ2n) is 3.53. The molecule has 2 rings (SSSR count). The van der Waals surface area contributed by atoms with E-state index in [0.717, 1.165) is 18.7 Å². The van der Waals surface area contributed by atoms with E-state index >= 15 is 0 Å². The van der Waals surface area contributed by atoms with Crippen LogP contribution >= 0.6 is 0 Å². The predicted octanol–water partition coefficient (Wildman–Crippen LogP) is 3.02. The monoisotopic (exact) mass is 193 g/mol. The minimum atomic E-state index is 0.343. The maximum absolute atomic E-state index is 9.21. The van der Waals surface area contributed by atoms with Gasteiger partial charge in [-0.25, -0.2) is 0 Å². The Morgan fingerprint density at radius 3 is 2.79 bits per heavy atom. The van der Waals surface area contributed by atoms with Crippen molar-refractivity contribution in [2.75, 3.05) is 11.9 Å². The van der Waals surface area contributed by atoms with Gasteiger partial charge in [0.05, 0.1) is 0 Å². The van der Waals surface area contributed by atoms with Gasteiger partial charge in [0.25, 0.3) is 0 Å². The summed E-state index contributed by atoms with van der Waals surface area (Å²) in [7, 11) is 0. The molecule has 1 aliphatic heterocycles. The molecule has 1 aliphatic rings. The molecule has 2 nitrogen and oxygen atoms in total. The van der Waals surface area contributed by atoms with E-state index in [9.17, 15) is 5.11 Å². The molecule has 14 heavy (non-hydrogen) atoms. The number of rotatable bonds is 0. The topological polar surface area (TPSA) is 32.3 Å². The molecule has 0 bridgehead atoms. The number of hydrogen-bond donors (Lipinski definition) is 2. The molecule has 0 radical (unpaired) electrons. The minimum absolute atomic E-state index is 0.343. The Balaban J connectivity index is 0.000000461. The third-order valence-corrected chi connectivity index (χ3v) is 2.30. The van der Waals surface area contributed by atoms with Crippen LogP contribution in [0.25, 0.3) is 0 Å². The van der Waals surface area contributed by atoms with Crippen molar-refractivity contribution in [3.05, 3.63) is 23.8 Å². The molecule has 1 heterocycles. The molecule has 1 aromatic rings. The highest BCUT2D eigenvalue weighted by Gasteiger charge is 2.13. The average molecular weight is 193 g/mol. The molecule has 0 aromatic heterocycles. The molecular formula is C12H19NO. The summed E-state index contributed by atoms with van der Waals surface area (Å²) in [5.41, 5.74) is 2.40. The zero-order valence-corrected chi connectivity index (χ0v) is 9.17. The number of benzene rings is 1. The standard InChI is InChI=1S/C10H13NO.C2H6/c1-7-4-8-2-3-9(12)5-10(8)11-6-7;1-2/h2-3,5,7,11-12H,4,6H2,1H3;1-2H3/t7-;/m0./s1. The smallest absolute Gasteiger partial charge is 0.117 e. The number of aromatic hydroxyl groups is 1. The van der Waals surface area contributed by atoms with Gasteiger partial charge in [-0.2, -0.15) is 0 Å². The minimum Gasteiger partial charge on any atom is -0.508 e. The maximum Gasteiger partial charge on any atom is 0.117 e. The lowest BCUT2D eigenvalue weighted by molar-refractivity contribution is 0.474. The number of phenols is 1. The van der Waals surface area contributed by atoms with Crippen molar-refractivity contribution in [3.8, 4) is 5.75 Å². The van der Waals surface area contributed by atoms with Crippen molar-refractivity contribution in [2.24, 2.45) is 5.92 Å². The van der Waals surface area contributed by atoms with Crippen LogP contribution in [-0.2, 0) is 6.42 Å². The van der Waals surface area contributed by atoms with E-state index < -0.39 is 0 Å². The van der Waals surface area contributed by atoms with Crippen LogP contribution in [0.1, 0.15) is 26.3 Å². The Bertz CT molecular complexity index is 296. The summed E-state index contributed by atoms with van der Waals surface area (Å²) < 4.78 is 0. The summed E-state index contributed by atoms with van der Waals surface area (Å²) >= 11 is 0. The van der Waals surface area contributed by atoms with Gasteiger partial charge < -0.3 is 10.4 Å². The van der Waals surface area contributed by atoms with Crippen LogP contribution in [0.4, 0.5) is 5.69 Å². The first kappa shape index (κ1) is 10.9. The van der Waals surface area contributed by atoms with Crippen molar-refractivity contribution in [3.63, 3.8) is 0 Å². The SMILES string of the molecule is CC.C[C@@H]1CNc2cc(O)ccc2C1. The fourth-order valence-electron chi connectivity index (χ4n) is 1.64. The lowest BCUT2D eigenvalue weighted by atomic mass is 9.95. The Kier molecular flexibility index (Phi) is 3.81. The van der Waals surface area contributed by atoms with Crippen LogP contribution in [0.3, 0.4) is 0 Å². The zero-order valence-electron chi connectivity index (χ0n) is 9.17. The molecule has 0 saturated heterocycles. The van der Waals surface area contributed by atoms with Gasteiger partial charge in [-0.15, -0.1) is 0 Å². The zero-order chi connectivity index (χ0) is 10.6. The van der Waals surface area contributed by atoms with Gasteiger partial charge in [0.1, 0.15) is 5.75 Å². The molecule has 1 aromatic carbocycles. The van der Waals surface area contributed by atoms with E-state index in [1.807, 2.05) is 19.9 Å². The molecule has 2 heteroatoms. The fourth-order valence-corrected chi connectivity index (χ4v) is 1.64. The van der Waals surface area contributed by atoms with E-state index in [-0.39, 0.29) is 0 Å². The summed E-state index contributed by atoms with van der Waals surface area (Å²) in [4.78, 5) is 0. The third-order valence-electron chi connectivity index (χ3n) is 2.30. The van der Waals surface area contributed by atoms with Crippen LogP contribution in [0, 0.1) is 5.92 Å². The van der Waals surface area contributed by atoms with Gasteiger partial charge in [0.2, 0.25) is 0 Å². The van der Waals surface area contributed by atoms with Gasteiger partial charge >= 0.3 is 0 Å². The number of fused-ring (bicyclic) bond motifs is 1. The second kappa shape index (κ2) is 4.89. The van der Waals surface area contributed by atoms with E-state index in [1.165, 1.54) is 5.56 Å². The van der Waals surface area contributed by atoms with E-state index in [1.54, 1.807) is 12.1 Å². The molecular weight excluding hydrogens is 174 g/mol. The first-order chi connectivity index (χ1) is 6.75. The van der Waals surface area contributed by atoms with Crippen molar-refractivity contribution in [1.29, 1.82) is 0 Å². The number of phenolic OH excluding ortho intramolecular Hbond substituents is 1. The van der Waals surface area contributed by atoms with Crippen molar-refractivity contribution in [2.45, 2.75) is 27.2 Å². The summed E-state index contributed by atoms with van der Waals surface area (Å²) in [5, 5.41) is 12.5. The third kappa shape index (κ3) is 2.41. The summed E-state index contributed by atoms with van der Waals surface area (Å²) in [6, 6.07) is 5.53.